The van der Waals surface area contributed by atoms with Gasteiger partial charge < -0.3 is 20.1 Å². The predicted molar refractivity (Wildman–Crippen MR) is 165 cm³/mol. The number of rotatable bonds is 8. The fourth-order valence-electron chi connectivity index (χ4n) is 5.77. The number of carbonyl (C=O) groups excluding carboxylic acids is 2. The summed E-state index contributed by atoms with van der Waals surface area (Å²) in [4.78, 5) is 52.3. The summed E-state index contributed by atoms with van der Waals surface area (Å²) in [5.74, 6) is -2.60. The Bertz CT molecular complexity index is 1740. The van der Waals surface area contributed by atoms with Crippen molar-refractivity contribution in [2.24, 2.45) is 4.99 Å². The van der Waals surface area contributed by atoms with Gasteiger partial charge in [0.1, 0.15) is 17.7 Å². The number of fused-ring (bicyclic) bond motifs is 1. The smallest absolute Gasteiger partial charge is 0.338 e. The minimum atomic E-state index is -1.26. The summed E-state index contributed by atoms with van der Waals surface area (Å²) in [6, 6.07) is 6.23. The average molecular weight is 702 g/mol. The van der Waals surface area contributed by atoms with Crippen LogP contribution in [0.1, 0.15) is 33.9 Å². The Morgan fingerprint density at radius 1 is 1.18 bits per heavy atom. The van der Waals surface area contributed by atoms with E-state index < -0.39 is 29.6 Å². The molecule has 3 aliphatic heterocycles. The zero-order valence-corrected chi connectivity index (χ0v) is 26.3. The third-order valence-electron chi connectivity index (χ3n) is 7.82. The van der Waals surface area contributed by atoms with Gasteiger partial charge in [-0.05, 0) is 42.8 Å². The van der Waals surface area contributed by atoms with Gasteiger partial charge in [-0.3, -0.25) is 14.8 Å². The second kappa shape index (κ2) is 12.7. The quantitative estimate of drug-likeness (QED) is 0.331. The molecule has 0 bridgehead atoms. The minimum Gasteiger partial charge on any atom is -0.478 e. The van der Waals surface area contributed by atoms with E-state index in [1.807, 2.05) is 5.38 Å². The van der Waals surface area contributed by atoms with Crippen molar-refractivity contribution < 1.29 is 33.0 Å². The third kappa shape index (κ3) is 6.07. The molecular weight excluding hydrogens is 674 g/mol. The second-order valence-electron chi connectivity index (χ2n) is 10.6. The van der Waals surface area contributed by atoms with E-state index in [0.717, 1.165) is 6.07 Å². The molecule has 4 heterocycles. The highest BCUT2D eigenvalue weighted by Crippen LogP contribution is 2.37. The summed E-state index contributed by atoms with van der Waals surface area (Å²) >= 11 is 4.81. The molecule has 0 radical (unpaired) electrons. The van der Waals surface area contributed by atoms with Gasteiger partial charge in [-0.2, -0.15) is 0 Å². The van der Waals surface area contributed by atoms with Gasteiger partial charge in [-0.25, -0.2) is 28.1 Å². The van der Waals surface area contributed by atoms with Crippen molar-refractivity contribution >= 4 is 56.8 Å². The van der Waals surface area contributed by atoms with Gasteiger partial charge in [0.15, 0.2) is 10.8 Å². The van der Waals surface area contributed by atoms with Gasteiger partial charge >= 0.3 is 18.0 Å². The number of esters is 1. The first-order valence-corrected chi connectivity index (χ1v) is 15.7. The first kappa shape index (κ1) is 30.8. The molecule has 0 aliphatic carbocycles. The van der Waals surface area contributed by atoms with E-state index in [-0.39, 0.29) is 48.6 Å². The summed E-state index contributed by atoms with van der Waals surface area (Å²) in [5.41, 5.74) is 1.20. The number of ether oxygens (including phenoxy) is 1. The van der Waals surface area contributed by atoms with Crippen LogP contribution in [0.5, 0.6) is 0 Å². The standard InChI is InChI=1S/C30H27BrF2N6O5S/c1-2-44-29(42)24-22(35-26(27-34-7-10-45-27)36-25(24)19-5-4-17(32)12-20(19)31)15-37-8-9-38-18(13-37)14-39(30(38)43)23-6-3-16(28(40)41)11-21(23)33/h3-7,10-12,18,25H,2,8-9,13-15H2,1H3,(H,35,36)(H,40,41)/t18-,25-/m0/s1. The van der Waals surface area contributed by atoms with Crippen LogP contribution >= 0.6 is 27.3 Å². The number of aromatic carboxylic acids is 1. The molecule has 0 spiro atoms. The molecule has 2 aromatic carbocycles. The van der Waals surface area contributed by atoms with E-state index in [2.05, 4.69) is 31.1 Å². The highest BCUT2D eigenvalue weighted by Gasteiger charge is 2.43. The highest BCUT2D eigenvalue weighted by molar-refractivity contribution is 9.10. The third-order valence-corrected chi connectivity index (χ3v) is 9.28. The molecule has 2 atom stereocenters. The number of thiazole rings is 1. The summed E-state index contributed by atoms with van der Waals surface area (Å²) in [5, 5.41) is 14.9. The number of amidine groups is 1. The fourth-order valence-corrected chi connectivity index (χ4v) is 6.92. The van der Waals surface area contributed by atoms with Crippen molar-refractivity contribution in [3.05, 3.63) is 91.5 Å². The van der Waals surface area contributed by atoms with Gasteiger partial charge in [-0.1, -0.05) is 22.0 Å². The molecule has 15 heteroatoms. The highest BCUT2D eigenvalue weighted by atomic mass is 79.9. The number of hydrogen-bond donors (Lipinski definition) is 2. The van der Waals surface area contributed by atoms with Gasteiger partial charge in [0, 0.05) is 54.5 Å². The van der Waals surface area contributed by atoms with Crippen LogP contribution in [0.15, 0.2) is 68.7 Å². The van der Waals surface area contributed by atoms with E-state index in [1.54, 1.807) is 24.1 Å². The van der Waals surface area contributed by atoms with Crippen molar-refractivity contribution in [2.75, 3.05) is 44.2 Å². The molecular formula is C30H27BrF2N6O5S. The molecule has 0 saturated carbocycles. The molecule has 3 aromatic rings. The van der Waals surface area contributed by atoms with Crippen LogP contribution in [0.3, 0.4) is 0 Å². The lowest BCUT2D eigenvalue weighted by Crippen LogP contribution is -2.53. The zero-order chi connectivity index (χ0) is 31.8. The molecule has 2 amide bonds. The molecule has 0 unspecified atom stereocenters. The van der Waals surface area contributed by atoms with Crippen LogP contribution in [-0.2, 0) is 9.53 Å². The molecule has 3 aliphatic rings. The predicted octanol–water partition coefficient (Wildman–Crippen LogP) is 4.42. The number of hydrogen-bond acceptors (Lipinski definition) is 9. The number of aromatic nitrogens is 1. The Morgan fingerprint density at radius 2 is 2.00 bits per heavy atom. The van der Waals surface area contributed by atoms with Crippen molar-refractivity contribution in [3.8, 4) is 0 Å². The van der Waals surface area contributed by atoms with Crippen molar-refractivity contribution in [1.29, 1.82) is 0 Å². The summed E-state index contributed by atoms with van der Waals surface area (Å²) in [7, 11) is 0. The molecule has 45 heavy (non-hydrogen) atoms. The van der Waals surface area contributed by atoms with Crippen LogP contribution in [0.4, 0.5) is 19.3 Å². The van der Waals surface area contributed by atoms with Crippen molar-refractivity contribution in [2.45, 2.75) is 19.0 Å². The fraction of sp³-hybridized carbons (Fsp3) is 0.300. The Morgan fingerprint density at radius 3 is 2.69 bits per heavy atom. The number of halogens is 3. The molecule has 11 nitrogen and oxygen atoms in total. The number of piperazine rings is 1. The second-order valence-corrected chi connectivity index (χ2v) is 12.3. The molecule has 2 fully saturated rings. The lowest BCUT2D eigenvalue weighted by atomic mass is 9.95. The molecule has 234 valence electrons. The van der Waals surface area contributed by atoms with E-state index in [4.69, 9.17) is 9.73 Å². The van der Waals surface area contributed by atoms with E-state index in [9.17, 15) is 28.3 Å². The van der Waals surface area contributed by atoms with Crippen molar-refractivity contribution in [3.63, 3.8) is 0 Å². The minimum absolute atomic E-state index is 0.0178. The summed E-state index contributed by atoms with van der Waals surface area (Å²) in [6.45, 7) is 3.57. The normalized spacial score (nSPS) is 20.2. The number of carboxylic acids is 1. The van der Waals surface area contributed by atoms with Gasteiger partial charge in [0.25, 0.3) is 0 Å². The van der Waals surface area contributed by atoms with E-state index in [1.165, 1.54) is 40.5 Å². The number of aliphatic imine (C=N–C) groups is 1. The summed E-state index contributed by atoms with van der Waals surface area (Å²) in [6.07, 6.45) is 1.65. The van der Waals surface area contributed by atoms with Crippen LogP contribution in [-0.4, -0.2) is 89.1 Å². The maximum atomic E-state index is 14.9. The monoisotopic (exact) mass is 700 g/mol. The van der Waals surface area contributed by atoms with Gasteiger partial charge in [0.05, 0.1) is 29.5 Å². The molecule has 2 saturated heterocycles. The van der Waals surface area contributed by atoms with E-state index >= 15 is 0 Å². The topological polar surface area (TPSA) is 128 Å². The number of nitrogens with zero attached hydrogens (tertiary/aromatic N) is 5. The van der Waals surface area contributed by atoms with Crippen LogP contribution in [0.2, 0.25) is 0 Å². The number of urea groups is 1. The number of amides is 2. The lowest BCUT2D eigenvalue weighted by molar-refractivity contribution is -0.139. The average Bonchev–Trinajstić information content (AvgIpc) is 3.65. The largest absolute Gasteiger partial charge is 0.478 e. The first-order valence-electron chi connectivity index (χ1n) is 14.1. The van der Waals surface area contributed by atoms with Gasteiger partial charge in [-0.15, -0.1) is 11.3 Å². The Balaban J connectivity index is 1.30. The number of benzene rings is 2. The molecule has 2 N–H and O–H groups in total. The Hall–Kier alpha value is -4.21. The zero-order valence-electron chi connectivity index (χ0n) is 23.9. The molecule has 6 rings (SSSR count). The maximum absolute atomic E-state index is 14.9. The summed E-state index contributed by atoms with van der Waals surface area (Å²) < 4.78 is 34.8. The van der Waals surface area contributed by atoms with E-state index in [0.29, 0.717) is 46.2 Å². The Kier molecular flexibility index (Phi) is 8.66. The van der Waals surface area contributed by atoms with Gasteiger partial charge in [0.2, 0.25) is 0 Å². The van der Waals surface area contributed by atoms with Crippen LogP contribution < -0.4 is 10.2 Å². The first-order chi connectivity index (χ1) is 21.6. The number of anilines is 1. The maximum Gasteiger partial charge on any atom is 0.338 e. The lowest BCUT2D eigenvalue weighted by Gasteiger charge is -2.38. The van der Waals surface area contributed by atoms with Crippen molar-refractivity contribution in [1.82, 2.24) is 20.1 Å². The number of nitrogens with one attached hydrogen (secondary N) is 1. The van der Waals surface area contributed by atoms with Crippen LogP contribution in [0.25, 0.3) is 0 Å². The number of carboxylic acid groups (broad SMARTS) is 1. The number of carbonyl (C=O) groups is 3. The van der Waals surface area contributed by atoms with Crippen LogP contribution in [0, 0.1) is 11.6 Å². The Labute approximate surface area is 268 Å². The molecule has 1 aromatic heterocycles. The SMILES string of the molecule is CCOC(=O)C1=C(CN2CCN3C(=O)N(c4ccc(C(=O)O)cc4F)C[C@@H]3C2)NC(c2nccs2)=N[C@H]1c1ccc(F)cc1Br.